The smallest absolute Gasteiger partial charge is 0.344 e. The molecule has 1 aromatic carbocycles. The average molecular weight is 387 g/mol. The van der Waals surface area contributed by atoms with E-state index in [9.17, 15) is 9.59 Å². The zero-order chi connectivity index (χ0) is 19.8. The van der Waals surface area contributed by atoms with Crippen LogP contribution in [0.1, 0.15) is 48.8 Å². The van der Waals surface area contributed by atoms with Crippen molar-refractivity contribution in [2.75, 3.05) is 12.4 Å². The molecule has 5 heteroatoms. The van der Waals surface area contributed by atoms with Crippen LogP contribution in [0.25, 0.3) is 11.3 Å². The summed E-state index contributed by atoms with van der Waals surface area (Å²) in [5.74, 6) is 0.400. The van der Waals surface area contributed by atoms with Gasteiger partial charge in [0.15, 0.2) is 10.8 Å². The van der Waals surface area contributed by atoms with Gasteiger partial charge in [-0.2, -0.15) is 4.57 Å². The molecule has 0 radical (unpaired) electrons. The lowest BCUT2D eigenvalue weighted by molar-refractivity contribution is -0.668. The van der Waals surface area contributed by atoms with Crippen LogP contribution in [0.15, 0.2) is 36.4 Å². The molecule has 1 aromatic heterocycles. The summed E-state index contributed by atoms with van der Waals surface area (Å²) >= 11 is 1.26. The molecule has 2 rings (SSSR count). The highest BCUT2D eigenvalue weighted by molar-refractivity contribution is 8.13. The van der Waals surface area contributed by atoms with Crippen LogP contribution in [-0.2, 0) is 29.4 Å². The third-order valence-corrected chi connectivity index (χ3v) is 5.34. The van der Waals surface area contributed by atoms with E-state index >= 15 is 0 Å². The fraction of sp³-hybridized carbons (Fsp3) is 0.409. The van der Waals surface area contributed by atoms with Crippen LogP contribution in [0.5, 0.6) is 0 Å². The lowest BCUT2D eigenvalue weighted by atomic mass is 9.98. The molecule has 4 nitrogen and oxygen atoms in total. The molecule has 0 aliphatic carbocycles. The number of benzene rings is 1. The molecule has 0 bridgehead atoms. The molecule has 0 amide bonds. The number of aromatic nitrogens is 1. The van der Waals surface area contributed by atoms with Gasteiger partial charge in [-0.3, -0.25) is 4.79 Å². The highest BCUT2D eigenvalue weighted by Gasteiger charge is 2.27. The van der Waals surface area contributed by atoms with Gasteiger partial charge in [-0.25, -0.2) is 4.79 Å². The van der Waals surface area contributed by atoms with E-state index in [4.69, 9.17) is 4.74 Å². The number of hydrogen-bond acceptors (Lipinski definition) is 4. The summed E-state index contributed by atoms with van der Waals surface area (Å²) in [6.07, 6.45) is 1.71. The van der Waals surface area contributed by atoms with Crippen molar-refractivity contribution in [3.8, 4) is 11.3 Å². The summed E-state index contributed by atoms with van der Waals surface area (Å²) in [4.78, 5) is 24.4. The molecule has 0 atom stereocenters. The van der Waals surface area contributed by atoms with Crippen LogP contribution in [0.2, 0.25) is 0 Å². The number of carbonyl (C=O) groups excluding carboxylic acids is 2. The van der Waals surface area contributed by atoms with Gasteiger partial charge >= 0.3 is 5.97 Å². The normalized spacial score (nSPS) is 10.7. The van der Waals surface area contributed by atoms with Crippen LogP contribution < -0.4 is 4.57 Å². The Morgan fingerprint density at radius 2 is 1.78 bits per heavy atom. The van der Waals surface area contributed by atoms with Crippen molar-refractivity contribution in [1.82, 2.24) is 0 Å². The molecular weight excluding hydrogens is 358 g/mol. The van der Waals surface area contributed by atoms with Gasteiger partial charge in [0.05, 0.1) is 13.0 Å². The molecule has 2 aromatic rings. The molecule has 0 aliphatic rings. The topological polar surface area (TPSA) is 47.3 Å². The molecule has 1 heterocycles. The highest BCUT2D eigenvalue weighted by atomic mass is 32.2. The second kappa shape index (κ2) is 10.3. The number of nitrogens with zero attached hydrogens (tertiary/aromatic N) is 1. The first-order valence-electron chi connectivity index (χ1n) is 9.46. The van der Waals surface area contributed by atoms with Crippen LogP contribution in [0.4, 0.5) is 0 Å². The molecule has 0 fully saturated rings. The largest absolute Gasteiger partial charge is 0.461 e. The Hall–Kier alpha value is -2.14. The van der Waals surface area contributed by atoms with Crippen molar-refractivity contribution in [1.29, 1.82) is 0 Å². The molecule has 27 heavy (non-hydrogen) atoms. The average Bonchev–Trinajstić information content (AvgIpc) is 2.68. The third kappa shape index (κ3) is 5.19. The van der Waals surface area contributed by atoms with Gasteiger partial charge in [-0.15, -0.1) is 0 Å². The minimum atomic E-state index is -0.340. The van der Waals surface area contributed by atoms with Crippen molar-refractivity contribution >= 4 is 22.8 Å². The zero-order valence-corrected chi connectivity index (χ0v) is 17.4. The first kappa shape index (κ1) is 21.2. The van der Waals surface area contributed by atoms with E-state index < -0.39 is 0 Å². The number of rotatable bonds is 8. The van der Waals surface area contributed by atoms with Crippen LogP contribution >= 0.6 is 11.8 Å². The molecular formula is C22H28NO3S+. The maximum Gasteiger partial charge on any atom is 0.344 e. The van der Waals surface area contributed by atoms with E-state index in [1.54, 1.807) is 0 Å². The summed E-state index contributed by atoms with van der Waals surface area (Å²) in [5, 5.41) is 0.0571. The maximum atomic E-state index is 12.8. The highest BCUT2D eigenvalue weighted by Crippen LogP contribution is 2.23. The SMILES string of the molecule is CCSC(=O)CCOC(=O)c1c(CC)cc(-c2ccccc2)[n+](C)c1CC. The summed E-state index contributed by atoms with van der Waals surface area (Å²) in [7, 11) is 1.98. The number of carbonyl (C=O) groups is 2. The Morgan fingerprint density at radius 1 is 1.07 bits per heavy atom. The van der Waals surface area contributed by atoms with Crippen LogP contribution in [-0.4, -0.2) is 23.4 Å². The Bertz CT molecular complexity index is 803. The molecule has 0 saturated carbocycles. The summed E-state index contributed by atoms with van der Waals surface area (Å²) in [5.41, 5.74) is 4.76. The molecule has 0 unspecified atom stereocenters. The van der Waals surface area contributed by atoms with E-state index in [2.05, 4.69) is 22.8 Å². The minimum Gasteiger partial charge on any atom is -0.461 e. The maximum absolute atomic E-state index is 12.8. The summed E-state index contributed by atoms with van der Waals surface area (Å²) in [6, 6.07) is 12.2. The van der Waals surface area contributed by atoms with Crippen LogP contribution in [0.3, 0.4) is 0 Å². The number of thioether (sulfide) groups is 1. The van der Waals surface area contributed by atoms with Crippen molar-refractivity contribution in [2.24, 2.45) is 7.05 Å². The number of pyridine rings is 1. The first-order valence-corrected chi connectivity index (χ1v) is 10.4. The van der Waals surface area contributed by atoms with Gasteiger partial charge in [-0.05, 0) is 29.9 Å². The number of hydrogen-bond donors (Lipinski definition) is 0. The molecule has 0 spiro atoms. The third-order valence-electron chi connectivity index (χ3n) is 4.52. The second-order valence-corrected chi connectivity index (χ2v) is 7.52. The van der Waals surface area contributed by atoms with Gasteiger partial charge in [0.1, 0.15) is 12.6 Å². The molecule has 0 saturated heterocycles. The lowest BCUT2D eigenvalue weighted by Crippen LogP contribution is -2.39. The Kier molecular flexibility index (Phi) is 8.04. The number of ether oxygens (including phenoxy) is 1. The quantitative estimate of drug-likeness (QED) is 0.506. The Morgan fingerprint density at radius 3 is 2.37 bits per heavy atom. The monoisotopic (exact) mass is 386 g/mol. The lowest BCUT2D eigenvalue weighted by Gasteiger charge is -2.14. The fourth-order valence-electron chi connectivity index (χ4n) is 3.19. The predicted octanol–water partition coefficient (Wildman–Crippen LogP) is 4.13. The van der Waals surface area contributed by atoms with Crippen molar-refractivity contribution in [2.45, 2.75) is 40.0 Å². The van der Waals surface area contributed by atoms with Gasteiger partial charge in [0, 0.05) is 18.1 Å². The van der Waals surface area contributed by atoms with Crippen molar-refractivity contribution in [3.05, 3.63) is 53.2 Å². The van der Waals surface area contributed by atoms with Gasteiger partial charge < -0.3 is 4.74 Å². The van der Waals surface area contributed by atoms with E-state index in [1.165, 1.54) is 11.8 Å². The molecule has 144 valence electrons. The van der Waals surface area contributed by atoms with Crippen molar-refractivity contribution in [3.63, 3.8) is 0 Å². The van der Waals surface area contributed by atoms with Crippen LogP contribution in [0, 0.1) is 0 Å². The van der Waals surface area contributed by atoms with E-state index in [-0.39, 0.29) is 24.1 Å². The minimum absolute atomic E-state index is 0.0571. The number of aryl methyl sites for hydroxylation is 1. The second-order valence-electron chi connectivity index (χ2n) is 6.20. The number of esters is 1. The van der Waals surface area contributed by atoms with E-state index in [1.807, 2.05) is 46.0 Å². The van der Waals surface area contributed by atoms with Gasteiger partial charge in [0.25, 0.3) is 0 Å². The summed E-state index contributed by atoms with van der Waals surface area (Å²) < 4.78 is 7.52. The predicted molar refractivity (Wildman–Crippen MR) is 110 cm³/mol. The first-order chi connectivity index (χ1) is 13.0. The zero-order valence-electron chi connectivity index (χ0n) is 16.6. The van der Waals surface area contributed by atoms with Crippen molar-refractivity contribution < 1.29 is 18.9 Å². The molecule has 0 aliphatic heterocycles. The summed E-state index contributed by atoms with van der Waals surface area (Å²) in [6.45, 7) is 6.15. The molecule has 0 N–H and O–H groups in total. The van der Waals surface area contributed by atoms with E-state index in [0.29, 0.717) is 5.56 Å². The standard InChI is InChI=1S/C22H28NO3S/c1-5-16-15-19(17-11-9-8-10-12-17)23(4)18(6-2)21(16)22(25)26-14-13-20(24)27-7-3/h8-12,15H,5-7,13-14H2,1-4H3/q+1. The van der Waals surface area contributed by atoms with Gasteiger partial charge in [-0.1, -0.05) is 50.7 Å². The fourth-order valence-corrected chi connectivity index (χ4v) is 3.74. The van der Waals surface area contributed by atoms with E-state index in [0.717, 1.165) is 41.1 Å². The Balaban J connectivity index is 2.34. The Labute approximate surface area is 165 Å². The van der Waals surface area contributed by atoms with Gasteiger partial charge in [0.2, 0.25) is 5.69 Å².